The summed E-state index contributed by atoms with van der Waals surface area (Å²) in [6, 6.07) is 2.91. The minimum Gasteiger partial charge on any atom is -0.385 e. The van der Waals surface area contributed by atoms with E-state index < -0.39 is 0 Å². The van der Waals surface area contributed by atoms with Crippen molar-refractivity contribution in [1.82, 2.24) is 4.31 Å². The molecule has 0 radical (unpaired) electrons. The van der Waals surface area contributed by atoms with E-state index in [-0.39, 0.29) is 0 Å². The second-order valence-electron chi connectivity index (χ2n) is 3.86. The molecule has 1 aliphatic rings. The highest BCUT2D eigenvalue weighted by Gasteiger charge is 2.23. The van der Waals surface area contributed by atoms with Crippen LogP contribution in [0, 0.1) is 0 Å². The van der Waals surface area contributed by atoms with Gasteiger partial charge in [-0.15, -0.1) is 11.3 Å². The molecule has 2 rings (SSSR count). The fourth-order valence-corrected chi connectivity index (χ4v) is 4.04. The molecule has 1 atom stereocenters. The van der Waals surface area contributed by atoms with Gasteiger partial charge in [-0.3, -0.25) is 0 Å². The van der Waals surface area contributed by atoms with Crippen molar-refractivity contribution in [3.8, 4) is 0 Å². The average molecular weight is 243 g/mol. The average Bonchev–Trinajstić information content (AvgIpc) is 2.65. The fraction of sp³-hybridized carbons (Fsp3) is 0.636. The van der Waals surface area contributed by atoms with Crippen molar-refractivity contribution in [2.24, 2.45) is 0 Å². The highest BCUT2D eigenvalue weighted by molar-refractivity contribution is 7.99. The smallest absolute Gasteiger partial charge is 0.0786 e. The van der Waals surface area contributed by atoms with Crippen molar-refractivity contribution < 1.29 is 4.74 Å². The highest BCUT2D eigenvalue weighted by Crippen LogP contribution is 2.38. The van der Waals surface area contributed by atoms with E-state index in [0.717, 1.165) is 19.6 Å². The van der Waals surface area contributed by atoms with Gasteiger partial charge in [0.1, 0.15) is 0 Å². The van der Waals surface area contributed by atoms with Gasteiger partial charge in [0.15, 0.2) is 0 Å². The van der Waals surface area contributed by atoms with Gasteiger partial charge in [-0.2, -0.15) is 0 Å². The SMILES string of the molecule is COCCCN1Sc2sccc2CC1C. The van der Waals surface area contributed by atoms with Gasteiger partial charge < -0.3 is 4.74 Å². The second-order valence-corrected chi connectivity index (χ2v) is 6.10. The maximum atomic E-state index is 5.09. The molecule has 0 amide bonds. The van der Waals surface area contributed by atoms with Crippen molar-refractivity contribution in [1.29, 1.82) is 0 Å². The molecule has 0 spiro atoms. The zero-order valence-electron chi connectivity index (χ0n) is 9.23. The zero-order valence-corrected chi connectivity index (χ0v) is 10.9. The summed E-state index contributed by atoms with van der Waals surface area (Å²) in [5, 5.41) is 2.20. The largest absolute Gasteiger partial charge is 0.385 e. The molecule has 0 bridgehead atoms. The molecule has 0 saturated carbocycles. The van der Waals surface area contributed by atoms with E-state index in [9.17, 15) is 0 Å². The van der Waals surface area contributed by atoms with Crippen molar-refractivity contribution in [3.63, 3.8) is 0 Å². The molecule has 0 saturated heterocycles. The van der Waals surface area contributed by atoms with E-state index in [0.29, 0.717) is 6.04 Å². The van der Waals surface area contributed by atoms with Gasteiger partial charge in [-0.05, 0) is 48.7 Å². The van der Waals surface area contributed by atoms with Crippen LogP contribution in [0.15, 0.2) is 15.7 Å². The summed E-state index contributed by atoms with van der Waals surface area (Å²) < 4.78 is 9.05. The van der Waals surface area contributed by atoms with Crippen LogP contribution in [-0.2, 0) is 11.2 Å². The molecule has 1 aromatic rings. The van der Waals surface area contributed by atoms with Crippen molar-refractivity contribution in [2.75, 3.05) is 20.3 Å². The summed E-state index contributed by atoms with van der Waals surface area (Å²) in [7, 11) is 1.77. The van der Waals surface area contributed by atoms with Crippen LogP contribution in [0.1, 0.15) is 18.9 Å². The molecule has 1 unspecified atom stereocenters. The molecular formula is C11H17NOS2. The van der Waals surface area contributed by atoms with Gasteiger partial charge in [0.25, 0.3) is 0 Å². The second kappa shape index (κ2) is 5.34. The third kappa shape index (κ3) is 2.75. The van der Waals surface area contributed by atoms with Gasteiger partial charge in [-0.25, -0.2) is 4.31 Å². The number of methoxy groups -OCH3 is 1. The molecule has 15 heavy (non-hydrogen) atoms. The van der Waals surface area contributed by atoms with E-state index in [1.807, 2.05) is 23.3 Å². The normalized spacial score (nSPS) is 21.6. The van der Waals surface area contributed by atoms with E-state index in [4.69, 9.17) is 4.74 Å². The Balaban J connectivity index is 1.92. The first-order valence-corrected chi connectivity index (χ1v) is 6.96. The minimum atomic E-state index is 0.647. The standard InChI is InChI=1S/C11H17NOS2/c1-9-8-10-4-7-14-11(10)15-12(9)5-3-6-13-2/h4,7,9H,3,5-6,8H2,1-2H3. The van der Waals surface area contributed by atoms with Gasteiger partial charge in [-0.1, -0.05) is 0 Å². The maximum Gasteiger partial charge on any atom is 0.0786 e. The lowest BCUT2D eigenvalue weighted by Crippen LogP contribution is -2.32. The number of ether oxygens (including phenoxy) is 1. The first kappa shape index (κ1) is 11.5. The summed E-state index contributed by atoms with van der Waals surface area (Å²) in [6.45, 7) is 4.29. The third-order valence-electron chi connectivity index (χ3n) is 2.64. The first-order chi connectivity index (χ1) is 7.31. The Bertz CT molecular complexity index is 313. The van der Waals surface area contributed by atoms with Crippen molar-refractivity contribution >= 4 is 23.3 Å². The lowest BCUT2D eigenvalue weighted by atomic mass is 10.1. The fourth-order valence-electron chi connectivity index (χ4n) is 1.80. The van der Waals surface area contributed by atoms with Gasteiger partial charge in [0, 0.05) is 26.3 Å². The quantitative estimate of drug-likeness (QED) is 0.596. The molecular weight excluding hydrogens is 226 g/mol. The van der Waals surface area contributed by atoms with Crippen LogP contribution in [0.2, 0.25) is 0 Å². The van der Waals surface area contributed by atoms with Crippen LogP contribution in [0.4, 0.5) is 0 Å². The van der Waals surface area contributed by atoms with Crippen LogP contribution in [0.3, 0.4) is 0 Å². The Morgan fingerprint density at radius 3 is 3.27 bits per heavy atom. The molecule has 0 aliphatic carbocycles. The summed E-state index contributed by atoms with van der Waals surface area (Å²) >= 11 is 3.78. The molecule has 1 aliphatic heterocycles. The summed E-state index contributed by atoms with van der Waals surface area (Å²) in [6.07, 6.45) is 2.31. The molecule has 0 aromatic carbocycles. The van der Waals surface area contributed by atoms with Crippen LogP contribution in [-0.4, -0.2) is 30.6 Å². The van der Waals surface area contributed by atoms with E-state index >= 15 is 0 Å². The van der Waals surface area contributed by atoms with Gasteiger partial charge >= 0.3 is 0 Å². The molecule has 84 valence electrons. The Kier molecular flexibility index (Phi) is 4.08. The van der Waals surface area contributed by atoms with E-state index in [1.54, 1.807) is 7.11 Å². The van der Waals surface area contributed by atoms with E-state index in [1.165, 1.54) is 16.2 Å². The summed E-state index contributed by atoms with van der Waals surface area (Å²) in [5.41, 5.74) is 1.53. The predicted octanol–water partition coefficient (Wildman–Crippen LogP) is 3.04. The Hall–Kier alpha value is -0.0300. The first-order valence-electron chi connectivity index (χ1n) is 5.31. The van der Waals surface area contributed by atoms with Gasteiger partial charge in [0.2, 0.25) is 0 Å². The Morgan fingerprint density at radius 1 is 1.60 bits per heavy atom. The predicted molar refractivity (Wildman–Crippen MR) is 66.5 cm³/mol. The summed E-state index contributed by atoms with van der Waals surface area (Å²) in [5.74, 6) is 0. The molecule has 2 heterocycles. The van der Waals surface area contributed by atoms with Crippen molar-refractivity contribution in [3.05, 3.63) is 17.0 Å². The number of fused-ring (bicyclic) bond motifs is 1. The maximum absolute atomic E-state index is 5.09. The third-order valence-corrected chi connectivity index (χ3v) is 5.11. The Morgan fingerprint density at radius 2 is 2.47 bits per heavy atom. The lowest BCUT2D eigenvalue weighted by molar-refractivity contribution is 0.184. The van der Waals surface area contributed by atoms with Crippen molar-refractivity contribution in [2.45, 2.75) is 30.0 Å². The number of nitrogens with zero attached hydrogens (tertiary/aromatic N) is 1. The molecule has 0 fully saturated rings. The van der Waals surface area contributed by atoms with E-state index in [2.05, 4.69) is 22.7 Å². The number of hydrogen-bond donors (Lipinski definition) is 0. The molecule has 0 N–H and O–H groups in total. The van der Waals surface area contributed by atoms with Crippen LogP contribution in [0.5, 0.6) is 0 Å². The topological polar surface area (TPSA) is 12.5 Å². The highest BCUT2D eigenvalue weighted by atomic mass is 32.2. The minimum absolute atomic E-state index is 0.647. The molecule has 2 nitrogen and oxygen atoms in total. The molecule has 4 heteroatoms. The number of thiophene rings is 1. The van der Waals surface area contributed by atoms with Crippen LogP contribution < -0.4 is 0 Å². The zero-order chi connectivity index (χ0) is 10.7. The Labute approximate surface area is 99.8 Å². The molecule has 1 aromatic heterocycles. The van der Waals surface area contributed by atoms with Crippen LogP contribution >= 0.6 is 23.3 Å². The number of rotatable bonds is 4. The lowest BCUT2D eigenvalue weighted by Gasteiger charge is -2.31. The number of hydrogen-bond acceptors (Lipinski definition) is 4. The van der Waals surface area contributed by atoms with Crippen LogP contribution in [0.25, 0.3) is 0 Å². The monoisotopic (exact) mass is 243 g/mol. The van der Waals surface area contributed by atoms with Gasteiger partial charge in [0.05, 0.1) is 4.21 Å². The summed E-state index contributed by atoms with van der Waals surface area (Å²) in [4.78, 5) is 0.